The van der Waals surface area contributed by atoms with Crippen molar-refractivity contribution in [2.75, 3.05) is 21.3 Å². The second kappa shape index (κ2) is 6.62. The predicted molar refractivity (Wildman–Crippen MR) is 85.3 cm³/mol. The van der Waals surface area contributed by atoms with Gasteiger partial charge in [-0.1, -0.05) is 0 Å². The molecule has 23 heavy (non-hydrogen) atoms. The summed E-state index contributed by atoms with van der Waals surface area (Å²) >= 11 is 3.23. The number of rotatable bonds is 5. The lowest BCUT2D eigenvalue weighted by atomic mass is 10.0. The number of halogens is 1. The van der Waals surface area contributed by atoms with E-state index in [1.165, 1.54) is 21.3 Å². The zero-order valence-corrected chi connectivity index (χ0v) is 14.1. The number of ether oxygens (including phenoxy) is 3. The Morgan fingerprint density at radius 3 is 2.35 bits per heavy atom. The number of carbonyl (C=O) groups is 1. The molecule has 0 saturated heterocycles. The largest absolute Gasteiger partial charge is 0.493 e. The lowest BCUT2D eigenvalue weighted by molar-refractivity contribution is 0.0690. The van der Waals surface area contributed by atoms with Crippen LogP contribution in [0.15, 0.2) is 16.6 Å². The quantitative estimate of drug-likeness (QED) is 0.825. The maximum absolute atomic E-state index is 11.3. The molecular formula is C15H13BrN2O5. The number of carboxylic acid groups (broad SMARTS) is 1. The van der Waals surface area contributed by atoms with Crippen LogP contribution in [0.2, 0.25) is 0 Å². The van der Waals surface area contributed by atoms with Crippen LogP contribution in [0.4, 0.5) is 0 Å². The van der Waals surface area contributed by atoms with Crippen LogP contribution < -0.4 is 14.2 Å². The van der Waals surface area contributed by atoms with Gasteiger partial charge in [0, 0.05) is 11.1 Å². The molecular weight excluding hydrogens is 368 g/mol. The summed E-state index contributed by atoms with van der Waals surface area (Å²) in [7, 11) is 4.40. The molecule has 0 amide bonds. The van der Waals surface area contributed by atoms with E-state index < -0.39 is 5.97 Å². The molecule has 0 saturated carbocycles. The number of nitrogens with one attached hydrogen (secondary N) is 1. The molecule has 2 aromatic rings. The van der Waals surface area contributed by atoms with Crippen LogP contribution >= 0.6 is 15.9 Å². The second-order valence-corrected chi connectivity index (χ2v) is 5.16. The molecule has 0 aliphatic carbocycles. The highest BCUT2D eigenvalue weighted by Crippen LogP contribution is 2.47. The fourth-order valence-corrected chi connectivity index (χ4v) is 2.94. The van der Waals surface area contributed by atoms with Gasteiger partial charge in [0.1, 0.15) is 17.5 Å². The molecule has 8 heteroatoms. The van der Waals surface area contributed by atoms with Gasteiger partial charge in [0.25, 0.3) is 0 Å². The molecule has 1 heterocycles. The molecule has 0 spiro atoms. The molecule has 1 aromatic heterocycles. The molecule has 0 bridgehead atoms. The van der Waals surface area contributed by atoms with Gasteiger partial charge < -0.3 is 24.3 Å². The van der Waals surface area contributed by atoms with Gasteiger partial charge >= 0.3 is 5.97 Å². The van der Waals surface area contributed by atoms with Crippen molar-refractivity contribution < 1.29 is 24.1 Å². The van der Waals surface area contributed by atoms with Crippen LogP contribution in [-0.4, -0.2) is 37.4 Å². The molecule has 0 unspecified atom stereocenters. The first-order valence-corrected chi connectivity index (χ1v) is 7.13. The summed E-state index contributed by atoms with van der Waals surface area (Å²) in [6, 6.07) is 5.27. The third kappa shape index (κ3) is 2.71. The number of carboxylic acids is 1. The van der Waals surface area contributed by atoms with E-state index in [0.29, 0.717) is 28.4 Å². The summed E-state index contributed by atoms with van der Waals surface area (Å²) in [5.74, 6) is -0.0443. The molecule has 2 rings (SSSR count). The number of aromatic carboxylic acids is 1. The highest BCUT2D eigenvalue weighted by atomic mass is 79.9. The summed E-state index contributed by atoms with van der Waals surface area (Å²) < 4.78 is 16.2. The average molecular weight is 381 g/mol. The number of H-pyrrole nitrogens is 1. The van der Waals surface area contributed by atoms with Crippen molar-refractivity contribution in [1.29, 1.82) is 5.26 Å². The Labute approximate surface area is 140 Å². The normalized spacial score (nSPS) is 10.0. The minimum atomic E-state index is -1.18. The lowest BCUT2D eigenvalue weighted by Crippen LogP contribution is -1.98. The summed E-state index contributed by atoms with van der Waals surface area (Å²) in [6.07, 6.45) is 0. The number of aromatic amines is 1. The average Bonchev–Trinajstić information content (AvgIpc) is 2.89. The summed E-state index contributed by atoms with van der Waals surface area (Å²) in [5.41, 5.74) is 0.855. The standard InChI is InChI=1S/C15H13BrN2O5/c1-21-9-5-4-7(13(22-2)14(9)23-3)10-8(6-17)18-12(11(10)16)15(19)20/h4-5,18H,1-3H3,(H,19,20). The minimum Gasteiger partial charge on any atom is -0.493 e. The van der Waals surface area contributed by atoms with Crippen LogP contribution in [0.25, 0.3) is 11.1 Å². The number of nitriles is 1. The van der Waals surface area contributed by atoms with E-state index in [1.54, 1.807) is 12.1 Å². The van der Waals surface area contributed by atoms with Crippen LogP contribution in [0.3, 0.4) is 0 Å². The molecule has 0 aliphatic rings. The van der Waals surface area contributed by atoms with Crippen molar-refractivity contribution in [3.63, 3.8) is 0 Å². The highest BCUT2D eigenvalue weighted by molar-refractivity contribution is 9.10. The zero-order valence-electron chi connectivity index (χ0n) is 12.6. The Morgan fingerprint density at radius 1 is 1.22 bits per heavy atom. The molecule has 0 radical (unpaired) electrons. The van der Waals surface area contributed by atoms with Crippen molar-refractivity contribution in [2.24, 2.45) is 0 Å². The van der Waals surface area contributed by atoms with E-state index in [9.17, 15) is 15.2 Å². The zero-order chi connectivity index (χ0) is 17.1. The summed E-state index contributed by atoms with van der Waals surface area (Å²) in [5, 5.41) is 18.5. The van der Waals surface area contributed by atoms with Crippen LogP contribution in [0.1, 0.15) is 16.2 Å². The van der Waals surface area contributed by atoms with Crippen molar-refractivity contribution in [3.05, 3.63) is 28.0 Å². The lowest BCUT2D eigenvalue weighted by Gasteiger charge is -2.15. The summed E-state index contributed by atoms with van der Waals surface area (Å²) in [4.78, 5) is 13.8. The van der Waals surface area contributed by atoms with E-state index in [0.717, 1.165) is 0 Å². The maximum atomic E-state index is 11.3. The fourth-order valence-electron chi connectivity index (χ4n) is 2.26. The summed E-state index contributed by atoms with van der Waals surface area (Å²) in [6.45, 7) is 0. The fraction of sp³-hybridized carbons (Fsp3) is 0.200. The van der Waals surface area contributed by atoms with E-state index in [2.05, 4.69) is 20.9 Å². The number of benzene rings is 1. The van der Waals surface area contributed by atoms with E-state index in [-0.39, 0.29) is 15.9 Å². The molecule has 1 aromatic carbocycles. The van der Waals surface area contributed by atoms with E-state index >= 15 is 0 Å². The predicted octanol–water partition coefficient (Wildman–Crippen LogP) is 3.04. The van der Waals surface area contributed by atoms with Crippen molar-refractivity contribution >= 4 is 21.9 Å². The van der Waals surface area contributed by atoms with E-state index in [4.69, 9.17) is 14.2 Å². The molecule has 7 nitrogen and oxygen atoms in total. The third-order valence-electron chi connectivity index (χ3n) is 3.24. The van der Waals surface area contributed by atoms with Crippen molar-refractivity contribution in [2.45, 2.75) is 0 Å². The maximum Gasteiger partial charge on any atom is 0.353 e. The van der Waals surface area contributed by atoms with Gasteiger partial charge in [0.15, 0.2) is 11.5 Å². The van der Waals surface area contributed by atoms with Gasteiger partial charge in [-0.05, 0) is 28.1 Å². The molecule has 0 fully saturated rings. The molecule has 0 aliphatic heterocycles. The van der Waals surface area contributed by atoms with Crippen LogP contribution in [-0.2, 0) is 0 Å². The molecule has 120 valence electrons. The third-order valence-corrected chi connectivity index (χ3v) is 4.03. The van der Waals surface area contributed by atoms with Gasteiger partial charge in [-0.25, -0.2) is 4.79 Å². The Morgan fingerprint density at radius 2 is 1.87 bits per heavy atom. The smallest absolute Gasteiger partial charge is 0.353 e. The Balaban J connectivity index is 2.83. The number of hydrogen-bond acceptors (Lipinski definition) is 5. The molecule has 0 atom stereocenters. The monoisotopic (exact) mass is 380 g/mol. The van der Waals surface area contributed by atoms with Gasteiger partial charge in [-0.3, -0.25) is 0 Å². The number of nitrogens with zero attached hydrogens (tertiary/aromatic N) is 1. The first kappa shape index (κ1) is 16.7. The van der Waals surface area contributed by atoms with Crippen molar-refractivity contribution in [1.82, 2.24) is 4.98 Å². The van der Waals surface area contributed by atoms with Crippen LogP contribution in [0, 0.1) is 11.3 Å². The van der Waals surface area contributed by atoms with E-state index in [1.807, 2.05) is 6.07 Å². The van der Waals surface area contributed by atoms with Gasteiger partial charge in [0.2, 0.25) is 5.75 Å². The molecule has 2 N–H and O–H groups in total. The Hall–Kier alpha value is -2.66. The second-order valence-electron chi connectivity index (χ2n) is 4.36. The Kier molecular flexibility index (Phi) is 4.81. The highest BCUT2D eigenvalue weighted by Gasteiger charge is 2.26. The first-order valence-electron chi connectivity index (χ1n) is 6.34. The van der Waals surface area contributed by atoms with Gasteiger partial charge in [-0.2, -0.15) is 5.26 Å². The van der Waals surface area contributed by atoms with Crippen molar-refractivity contribution in [3.8, 4) is 34.4 Å². The first-order chi connectivity index (χ1) is 11.0. The van der Waals surface area contributed by atoms with Gasteiger partial charge in [0.05, 0.1) is 25.8 Å². The Bertz CT molecular complexity index is 807. The number of hydrogen-bond donors (Lipinski definition) is 2. The van der Waals surface area contributed by atoms with Crippen LogP contribution in [0.5, 0.6) is 17.2 Å². The van der Waals surface area contributed by atoms with Gasteiger partial charge in [-0.15, -0.1) is 0 Å². The number of aromatic nitrogens is 1. The topological polar surface area (TPSA) is 105 Å². The SMILES string of the molecule is COc1ccc(-c2c(C#N)[nH]c(C(=O)O)c2Br)c(OC)c1OC. The number of methoxy groups -OCH3 is 3. The minimum absolute atomic E-state index is 0.0970.